The van der Waals surface area contributed by atoms with Gasteiger partial charge in [-0.3, -0.25) is 0 Å². The van der Waals surface area contributed by atoms with Crippen LogP contribution < -0.4 is 10.2 Å². The molecule has 29 heavy (non-hydrogen) atoms. The van der Waals surface area contributed by atoms with Crippen LogP contribution in [-0.2, 0) is 6.42 Å². The SMILES string of the molecule is CN(c1cccc(C(=O)O)c1)C(CCc1ccc(C#N)cc1)C1(O)CCNCC1. The van der Waals surface area contributed by atoms with Gasteiger partial charge in [-0.1, -0.05) is 18.2 Å². The molecule has 0 aromatic heterocycles. The lowest BCUT2D eigenvalue weighted by molar-refractivity contribution is -0.0167. The number of benzene rings is 2. The number of aryl methyl sites for hydroxylation is 1. The Morgan fingerprint density at radius 3 is 2.55 bits per heavy atom. The molecule has 1 heterocycles. The van der Waals surface area contributed by atoms with E-state index in [9.17, 15) is 15.0 Å². The van der Waals surface area contributed by atoms with Gasteiger partial charge < -0.3 is 20.4 Å². The molecule has 3 N–H and O–H groups in total. The quantitative estimate of drug-likeness (QED) is 0.669. The molecule has 0 amide bonds. The largest absolute Gasteiger partial charge is 0.478 e. The Morgan fingerprint density at radius 1 is 1.24 bits per heavy atom. The fourth-order valence-electron chi connectivity index (χ4n) is 4.10. The minimum Gasteiger partial charge on any atom is -0.478 e. The summed E-state index contributed by atoms with van der Waals surface area (Å²) in [6, 6.07) is 16.3. The fraction of sp³-hybridized carbons (Fsp3) is 0.391. The number of nitrogens with one attached hydrogen (secondary N) is 1. The minimum atomic E-state index is -0.963. The van der Waals surface area contributed by atoms with E-state index in [0.29, 0.717) is 18.4 Å². The van der Waals surface area contributed by atoms with Crippen LogP contribution in [0.4, 0.5) is 5.69 Å². The van der Waals surface area contributed by atoms with E-state index in [1.165, 1.54) is 0 Å². The summed E-state index contributed by atoms with van der Waals surface area (Å²) in [7, 11) is 1.92. The van der Waals surface area contributed by atoms with Crippen molar-refractivity contribution in [2.24, 2.45) is 0 Å². The molecule has 6 heteroatoms. The number of aromatic carboxylic acids is 1. The molecule has 1 aliphatic rings. The predicted molar refractivity (Wildman–Crippen MR) is 112 cm³/mol. The van der Waals surface area contributed by atoms with Crippen molar-refractivity contribution in [3.05, 3.63) is 65.2 Å². The van der Waals surface area contributed by atoms with Crippen LogP contribution in [0.3, 0.4) is 0 Å². The maximum absolute atomic E-state index is 11.5. The molecule has 0 bridgehead atoms. The van der Waals surface area contributed by atoms with Crippen LogP contribution in [0.2, 0.25) is 0 Å². The Balaban J connectivity index is 1.84. The molecule has 0 aliphatic carbocycles. The molecule has 0 spiro atoms. The number of piperidine rings is 1. The summed E-state index contributed by atoms with van der Waals surface area (Å²) in [6.45, 7) is 1.51. The van der Waals surface area contributed by atoms with Crippen molar-refractivity contribution < 1.29 is 15.0 Å². The van der Waals surface area contributed by atoms with E-state index in [2.05, 4.69) is 11.4 Å². The Kier molecular flexibility index (Phi) is 6.53. The zero-order valence-corrected chi connectivity index (χ0v) is 16.6. The van der Waals surface area contributed by atoms with Crippen LogP contribution in [0.5, 0.6) is 0 Å². The van der Waals surface area contributed by atoms with Gasteiger partial charge in [-0.15, -0.1) is 0 Å². The van der Waals surface area contributed by atoms with E-state index in [1.54, 1.807) is 18.2 Å². The first kappa shape index (κ1) is 20.8. The average molecular weight is 393 g/mol. The number of aliphatic hydroxyl groups is 1. The van der Waals surface area contributed by atoms with Gasteiger partial charge in [0.25, 0.3) is 0 Å². The van der Waals surface area contributed by atoms with Crippen molar-refractivity contribution >= 4 is 11.7 Å². The van der Waals surface area contributed by atoms with Gasteiger partial charge in [0.2, 0.25) is 0 Å². The molecule has 1 fully saturated rings. The van der Waals surface area contributed by atoms with Crippen LogP contribution in [0.1, 0.15) is 40.7 Å². The lowest BCUT2D eigenvalue weighted by atomic mass is 9.81. The Bertz CT molecular complexity index is 883. The van der Waals surface area contributed by atoms with Gasteiger partial charge in [0.05, 0.1) is 28.8 Å². The molecule has 1 unspecified atom stereocenters. The van der Waals surface area contributed by atoms with Crippen LogP contribution in [0.15, 0.2) is 48.5 Å². The first-order chi connectivity index (χ1) is 13.9. The second-order valence-corrected chi connectivity index (χ2v) is 7.68. The summed E-state index contributed by atoms with van der Waals surface area (Å²) in [4.78, 5) is 13.4. The average Bonchev–Trinajstić information content (AvgIpc) is 2.74. The number of rotatable bonds is 7. The maximum Gasteiger partial charge on any atom is 0.335 e. The van der Waals surface area contributed by atoms with Gasteiger partial charge in [0, 0.05) is 12.7 Å². The number of likely N-dealkylation sites (N-methyl/N-ethyl adjacent to an activating group) is 1. The van der Waals surface area contributed by atoms with Crippen LogP contribution >= 0.6 is 0 Å². The molecule has 152 valence electrons. The van der Waals surface area contributed by atoms with Crippen LogP contribution in [0.25, 0.3) is 0 Å². The number of carbonyl (C=O) groups is 1. The molecule has 6 nitrogen and oxygen atoms in total. The van der Waals surface area contributed by atoms with Crippen molar-refractivity contribution in [1.29, 1.82) is 5.26 Å². The molecule has 1 atom stereocenters. The first-order valence-corrected chi connectivity index (χ1v) is 9.91. The number of nitriles is 1. The maximum atomic E-state index is 11.5. The molecule has 1 saturated heterocycles. The third-order valence-electron chi connectivity index (χ3n) is 5.85. The normalized spacial score (nSPS) is 16.6. The molecular formula is C23H27N3O3. The highest BCUT2D eigenvalue weighted by Gasteiger charge is 2.40. The van der Waals surface area contributed by atoms with Crippen molar-refractivity contribution in [1.82, 2.24) is 5.32 Å². The summed E-state index contributed by atoms with van der Waals surface area (Å²) in [5.41, 5.74) is 1.90. The summed E-state index contributed by atoms with van der Waals surface area (Å²) >= 11 is 0. The zero-order chi connectivity index (χ0) is 20.9. The number of carboxylic acid groups (broad SMARTS) is 1. The van der Waals surface area contributed by atoms with Crippen LogP contribution in [0, 0.1) is 11.3 Å². The van der Waals surface area contributed by atoms with E-state index in [1.807, 2.05) is 42.3 Å². The van der Waals surface area contributed by atoms with Crippen molar-refractivity contribution in [3.63, 3.8) is 0 Å². The highest BCUT2D eigenvalue weighted by Crippen LogP contribution is 2.32. The van der Waals surface area contributed by atoms with Gasteiger partial charge in [-0.2, -0.15) is 5.26 Å². The summed E-state index contributed by atoms with van der Waals surface area (Å²) in [5.74, 6) is -0.963. The molecule has 3 rings (SSSR count). The monoisotopic (exact) mass is 393 g/mol. The number of hydrogen-bond donors (Lipinski definition) is 3. The smallest absolute Gasteiger partial charge is 0.335 e. The first-order valence-electron chi connectivity index (χ1n) is 9.91. The molecule has 1 aliphatic heterocycles. The standard InChI is InChI=1S/C23H27N3O3/c1-26(20-4-2-3-19(15-20)22(27)28)21(23(29)11-13-25-14-12-23)10-9-17-5-7-18(16-24)8-6-17/h2-8,15,21,25,29H,9-14H2,1H3,(H,27,28). The molecule has 0 radical (unpaired) electrons. The van der Waals surface area contributed by atoms with Crippen molar-refractivity contribution in [3.8, 4) is 6.07 Å². The van der Waals surface area contributed by atoms with Gasteiger partial charge in [-0.05, 0) is 74.7 Å². The van der Waals surface area contributed by atoms with Crippen molar-refractivity contribution in [2.45, 2.75) is 37.3 Å². The lowest BCUT2D eigenvalue weighted by Gasteiger charge is -2.45. The second-order valence-electron chi connectivity index (χ2n) is 7.68. The van der Waals surface area contributed by atoms with Gasteiger partial charge in [0.1, 0.15) is 0 Å². The Hall–Kier alpha value is -2.88. The number of anilines is 1. The van der Waals surface area contributed by atoms with E-state index in [0.717, 1.165) is 37.2 Å². The second kappa shape index (κ2) is 9.08. The predicted octanol–water partition coefficient (Wildman–Crippen LogP) is 2.81. The van der Waals surface area contributed by atoms with E-state index in [-0.39, 0.29) is 11.6 Å². The summed E-state index contributed by atoms with van der Waals surface area (Å²) < 4.78 is 0. The number of hydrogen-bond acceptors (Lipinski definition) is 5. The van der Waals surface area contributed by atoms with E-state index < -0.39 is 11.6 Å². The Morgan fingerprint density at radius 2 is 1.93 bits per heavy atom. The van der Waals surface area contributed by atoms with Gasteiger partial charge in [-0.25, -0.2) is 4.79 Å². The third-order valence-corrected chi connectivity index (χ3v) is 5.85. The summed E-state index contributed by atoms with van der Waals surface area (Å²) in [6.07, 6.45) is 2.77. The number of nitrogens with zero attached hydrogens (tertiary/aromatic N) is 2. The zero-order valence-electron chi connectivity index (χ0n) is 16.6. The van der Waals surface area contributed by atoms with Gasteiger partial charge in [0.15, 0.2) is 0 Å². The van der Waals surface area contributed by atoms with E-state index >= 15 is 0 Å². The molecule has 2 aromatic rings. The topological polar surface area (TPSA) is 96.6 Å². The fourth-order valence-corrected chi connectivity index (χ4v) is 4.10. The molecule has 2 aromatic carbocycles. The Labute approximate surface area is 171 Å². The highest BCUT2D eigenvalue weighted by atomic mass is 16.4. The van der Waals surface area contributed by atoms with Gasteiger partial charge >= 0.3 is 5.97 Å². The third kappa shape index (κ3) is 4.94. The number of carboxylic acids is 1. The van der Waals surface area contributed by atoms with E-state index in [4.69, 9.17) is 5.26 Å². The summed E-state index contributed by atoms with van der Waals surface area (Å²) in [5, 5.41) is 33.1. The molecule has 0 saturated carbocycles. The highest BCUT2D eigenvalue weighted by molar-refractivity contribution is 5.88. The molecular weight excluding hydrogens is 366 g/mol. The van der Waals surface area contributed by atoms with Crippen LogP contribution in [-0.4, -0.2) is 48.0 Å². The minimum absolute atomic E-state index is 0.163. The lowest BCUT2D eigenvalue weighted by Crippen LogP contribution is -2.56. The van der Waals surface area contributed by atoms with Crippen molar-refractivity contribution in [2.75, 3.05) is 25.0 Å².